The van der Waals surface area contributed by atoms with Crippen molar-refractivity contribution in [2.24, 2.45) is 0 Å². The van der Waals surface area contributed by atoms with E-state index in [1.165, 1.54) is 12.3 Å². The Balaban J connectivity index is 1.46. The molecule has 4 rings (SSSR count). The molecule has 2 amide bonds. The maximum absolute atomic E-state index is 14.1. The fraction of sp³-hybridized carbons (Fsp3) is 0.240. The second-order valence-electron chi connectivity index (χ2n) is 7.72. The molecule has 2 aromatic carbocycles. The van der Waals surface area contributed by atoms with Gasteiger partial charge in [-0.15, -0.1) is 0 Å². The highest BCUT2D eigenvalue weighted by Gasteiger charge is 2.29. The number of nitrogens with one attached hydrogen (secondary N) is 1. The van der Waals surface area contributed by atoms with Gasteiger partial charge in [0.2, 0.25) is 5.91 Å². The Kier molecular flexibility index (Phi) is 6.75. The third kappa shape index (κ3) is 5.11. The summed E-state index contributed by atoms with van der Waals surface area (Å²) in [5.41, 5.74) is 1.91. The van der Waals surface area contributed by atoms with Gasteiger partial charge in [0.15, 0.2) is 0 Å². The molecule has 2 heterocycles. The molecule has 32 heavy (non-hydrogen) atoms. The van der Waals surface area contributed by atoms with Gasteiger partial charge < -0.3 is 15.1 Å². The zero-order chi connectivity index (χ0) is 22.3. The molecule has 1 aliphatic rings. The number of benzene rings is 2. The molecule has 1 atom stereocenters. The number of rotatable bonds is 6. The Hall–Kier alpha value is -3.74. The van der Waals surface area contributed by atoms with Crippen molar-refractivity contribution in [2.75, 3.05) is 31.1 Å². The van der Waals surface area contributed by atoms with Crippen molar-refractivity contribution in [1.82, 2.24) is 15.2 Å². The van der Waals surface area contributed by atoms with E-state index >= 15 is 0 Å². The van der Waals surface area contributed by atoms with E-state index in [0.29, 0.717) is 43.9 Å². The summed E-state index contributed by atoms with van der Waals surface area (Å²) in [4.78, 5) is 33.8. The predicted molar refractivity (Wildman–Crippen MR) is 121 cm³/mol. The van der Waals surface area contributed by atoms with Crippen LogP contribution in [0.5, 0.6) is 0 Å². The third-order valence-corrected chi connectivity index (χ3v) is 5.59. The van der Waals surface area contributed by atoms with Crippen molar-refractivity contribution in [1.29, 1.82) is 0 Å². The minimum absolute atomic E-state index is 0.140. The number of carbonyl (C=O) groups excluding carboxylic acids is 2. The van der Waals surface area contributed by atoms with E-state index in [9.17, 15) is 14.0 Å². The summed E-state index contributed by atoms with van der Waals surface area (Å²) < 4.78 is 14.1. The van der Waals surface area contributed by atoms with E-state index < -0.39 is 6.04 Å². The lowest BCUT2D eigenvalue weighted by Crippen LogP contribution is -2.55. The van der Waals surface area contributed by atoms with Crippen molar-refractivity contribution < 1.29 is 14.0 Å². The van der Waals surface area contributed by atoms with Crippen LogP contribution >= 0.6 is 0 Å². The molecule has 7 heteroatoms. The number of carbonyl (C=O) groups is 2. The molecule has 1 fully saturated rings. The van der Waals surface area contributed by atoms with E-state index in [1.54, 1.807) is 41.4 Å². The maximum Gasteiger partial charge on any atom is 0.253 e. The molecule has 6 nitrogen and oxygen atoms in total. The number of hydrogen-bond donors (Lipinski definition) is 1. The standard InChI is InChI=1S/C25H25FN4O2/c26-21-10-4-5-11-23(21)29-13-15-30(16-14-29)25(32)22(17-19-7-2-1-3-8-19)28-24(31)20-9-6-12-27-18-20/h1-12,18,22H,13-17H2,(H,28,31). The average Bonchev–Trinajstić information content (AvgIpc) is 2.85. The molecule has 0 saturated carbocycles. The summed E-state index contributed by atoms with van der Waals surface area (Å²) in [6, 6.07) is 18.9. The largest absolute Gasteiger partial charge is 0.366 e. The number of amides is 2. The molecule has 0 bridgehead atoms. The summed E-state index contributed by atoms with van der Waals surface area (Å²) in [7, 11) is 0. The molecule has 0 spiro atoms. The first-order valence-electron chi connectivity index (χ1n) is 10.6. The van der Waals surface area contributed by atoms with Crippen LogP contribution in [0.3, 0.4) is 0 Å². The fourth-order valence-corrected chi connectivity index (χ4v) is 3.88. The highest BCUT2D eigenvalue weighted by molar-refractivity contribution is 5.97. The Bertz CT molecular complexity index is 1050. The Morgan fingerprint density at radius 2 is 1.66 bits per heavy atom. The Morgan fingerprint density at radius 3 is 2.34 bits per heavy atom. The molecule has 0 radical (unpaired) electrons. The van der Waals surface area contributed by atoms with Crippen LogP contribution in [0.1, 0.15) is 15.9 Å². The molecule has 3 aromatic rings. The van der Waals surface area contributed by atoms with Gasteiger partial charge >= 0.3 is 0 Å². The summed E-state index contributed by atoms with van der Waals surface area (Å²) in [5.74, 6) is -0.741. The van der Waals surface area contributed by atoms with E-state index in [0.717, 1.165) is 5.56 Å². The molecular weight excluding hydrogens is 407 g/mol. The van der Waals surface area contributed by atoms with Gasteiger partial charge in [0.25, 0.3) is 5.91 Å². The monoisotopic (exact) mass is 432 g/mol. The van der Waals surface area contributed by atoms with Gasteiger partial charge in [0.05, 0.1) is 11.3 Å². The lowest BCUT2D eigenvalue weighted by atomic mass is 10.0. The van der Waals surface area contributed by atoms with Crippen molar-refractivity contribution in [2.45, 2.75) is 12.5 Å². The minimum atomic E-state index is -0.704. The molecule has 164 valence electrons. The first-order valence-corrected chi connectivity index (χ1v) is 10.6. The van der Waals surface area contributed by atoms with Crippen LogP contribution in [0, 0.1) is 5.82 Å². The zero-order valence-electron chi connectivity index (χ0n) is 17.7. The van der Waals surface area contributed by atoms with Crippen molar-refractivity contribution >= 4 is 17.5 Å². The number of anilines is 1. The number of piperazine rings is 1. The number of halogens is 1. The van der Waals surface area contributed by atoms with Crippen LogP contribution in [0.15, 0.2) is 79.1 Å². The molecule has 1 N–H and O–H groups in total. The van der Waals surface area contributed by atoms with Crippen LogP contribution in [0.4, 0.5) is 10.1 Å². The van der Waals surface area contributed by atoms with E-state index in [2.05, 4.69) is 10.3 Å². The predicted octanol–water partition coefficient (Wildman–Crippen LogP) is 2.91. The Morgan fingerprint density at radius 1 is 0.938 bits per heavy atom. The van der Waals surface area contributed by atoms with Crippen LogP contribution in [-0.2, 0) is 11.2 Å². The lowest BCUT2D eigenvalue weighted by Gasteiger charge is -2.37. The summed E-state index contributed by atoms with van der Waals surface area (Å²) in [6.45, 7) is 1.98. The molecule has 1 unspecified atom stereocenters. The second kappa shape index (κ2) is 10.0. The van der Waals surface area contributed by atoms with Gasteiger partial charge in [-0.1, -0.05) is 42.5 Å². The van der Waals surface area contributed by atoms with E-state index in [1.807, 2.05) is 35.2 Å². The van der Waals surface area contributed by atoms with E-state index in [4.69, 9.17) is 0 Å². The number of aromatic nitrogens is 1. The summed E-state index contributed by atoms with van der Waals surface area (Å²) in [6.07, 6.45) is 3.46. The molecular formula is C25H25FN4O2. The number of para-hydroxylation sites is 1. The average molecular weight is 432 g/mol. The quantitative estimate of drug-likeness (QED) is 0.651. The smallest absolute Gasteiger partial charge is 0.253 e. The first kappa shape index (κ1) is 21.5. The molecule has 1 saturated heterocycles. The fourth-order valence-electron chi connectivity index (χ4n) is 3.88. The summed E-state index contributed by atoms with van der Waals surface area (Å²) in [5, 5.41) is 2.89. The normalized spacial score (nSPS) is 14.7. The highest BCUT2D eigenvalue weighted by atomic mass is 19.1. The zero-order valence-corrected chi connectivity index (χ0v) is 17.7. The SMILES string of the molecule is O=C(NC(Cc1ccccc1)C(=O)N1CCN(c2ccccc2F)CC1)c1cccnc1. The minimum Gasteiger partial charge on any atom is -0.366 e. The molecule has 1 aromatic heterocycles. The van der Waals surface area contributed by atoms with Gasteiger partial charge in [0.1, 0.15) is 11.9 Å². The van der Waals surface area contributed by atoms with Gasteiger partial charge in [-0.25, -0.2) is 4.39 Å². The molecule has 0 aliphatic carbocycles. The second-order valence-corrected chi connectivity index (χ2v) is 7.72. The van der Waals surface area contributed by atoms with Crippen LogP contribution in [0.2, 0.25) is 0 Å². The van der Waals surface area contributed by atoms with Gasteiger partial charge in [-0.05, 0) is 29.8 Å². The van der Waals surface area contributed by atoms with Crippen molar-refractivity contribution in [3.63, 3.8) is 0 Å². The first-order chi connectivity index (χ1) is 15.6. The van der Waals surface area contributed by atoms with Crippen molar-refractivity contribution in [3.05, 3.63) is 96.1 Å². The van der Waals surface area contributed by atoms with Gasteiger partial charge in [0, 0.05) is 45.0 Å². The van der Waals surface area contributed by atoms with Crippen molar-refractivity contribution in [3.8, 4) is 0 Å². The molecule has 1 aliphatic heterocycles. The lowest BCUT2D eigenvalue weighted by molar-refractivity contribution is -0.133. The van der Waals surface area contributed by atoms with Crippen LogP contribution < -0.4 is 10.2 Å². The number of pyridine rings is 1. The third-order valence-electron chi connectivity index (χ3n) is 5.59. The topological polar surface area (TPSA) is 65.5 Å². The number of nitrogens with zero attached hydrogens (tertiary/aromatic N) is 3. The highest BCUT2D eigenvalue weighted by Crippen LogP contribution is 2.20. The number of hydrogen-bond acceptors (Lipinski definition) is 4. The van der Waals surface area contributed by atoms with Gasteiger partial charge in [-0.3, -0.25) is 14.6 Å². The van der Waals surface area contributed by atoms with Crippen LogP contribution in [0.25, 0.3) is 0 Å². The Labute approximate surface area is 186 Å². The van der Waals surface area contributed by atoms with Gasteiger partial charge in [-0.2, -0.15) is 0 Å². The maximum atomic E-state index is 14.1. The van der Waals surface area contributed by atoms with Crippen LogP contribution in [-0.4, -0.2) is 53.9 Å². The van der Waals surface area contributed by atoms with E-state index in [-0.39, 0.29) is 17.6 Å². The summed E-state index contributed by atoms with van der Waals surface area (Å²) >= 11 is 0.